The fourth-order valence-corrected chi connectivity index (χ4v) is 3.01. The van der Waals surface area contributed by atoms with Gasteiger partial charge >= 0.3 is 0 Å². The van der Waals surface area contributed by atoms with Crippen LogP contribution in [0.3, 0.4) is 0 Å². The molecule has 0 spiro atoms. The van der Waals surface area contributed by atoms with E-state index >= 15 is 0 Å². The van der Waals surface area contributed by atoms with Crippen molar-refractivity contribution in [1.29, 1.82) is 0 Å². The van der Waals surface area contributed by atoms with Gasteiger partial charge in [0.25, 0.3) is 0 Å². The van der Waals surface area contributed by atoms with Crippen molar-refractivity contribution < 1.29 is 9.47 Å². The Labute approximate surface area is 183 Å². The second-order valence-corrected chi connectivity index (χ2v) is 7.41. The Bertz CT molecular complexity index is 997. The molecule has 0 saturated heterocycles. The number of rotatable bonds is 8. The third-order valence-electron chi connectivity index (χ3n) is 4.81. The molecule has 0 atom stereocenters. The third-order valence-corrected chi connectivity index (χ3v) is 4.81. The van der Waals surface area contributed by atoms with E-state index in [-0.39, 0.29) is 0 Å². The highest BCUT2D eigenvalue weighted by Gasteiger charge is 2.00. The van der Waals surface area contributed by atoms with Crippen LogP contribution in [0.1, 0.15) is 11.1 Å². The van der Waals surface area contributed by atoms with Crippen LogP contribution < -0.4 is 20.1 Å². The highest BCUT2D eigenvalue weighted by molar-refractivity contribution is 5.51. The predicted molar refractivity (Wildman–Crippen MR) is 128 cm³/mol. The molecular formula is C27H26N2O2. The first-order valence-electron chi connectivity index (χ1n) is 10.3. The van der Waals surface area contributed by atoms with Gasteiger partial charge in [0, 0.05) is 11.4 Å². The zero-order chi connectivity index (χ0) is 21.5. The van der Waals surface area contributed by atoms with Crippen LogP contribution in [0.2, 0.25) is 0 Å². The van der Waals surface area contributed by atoms with Gasteiger partial charge in [0.1, 0.15) is 23.0 Å². The van der Waals surface area contributed by atoms with E-state index in [1.807, 2.05) is 97.1 Å². The molecule has 0 saturated carbocycles. The summed E-state index contributed by atoms with van der Waals surface area (Å²) < 4.78 is 11.7. The molecule has 0 aliphatic heterocycles. The van der Waals surface area contributed by atoms with Gasteiger partial charge in [-0.15, -0.1) is 0 Å². The lowest BCUT2D eigenvalue weighted by molar-refractivity contribution is 0.482. The maximum absolute atomic E-state index is 5.87. The molecule has 4 aromatic carbocycles. The van der Waals surface area contributed by atoms with Gasteiger partial charge < -0.3 is 20.1 Å². The summed E-state index contributed by atoms with van der Waals surface area (Å²) in [5.41, 5.74) is 4.46. The Kier molecular flexibility index (Phi) is 6.38. The van der Waals surface area contributed by atoms with E-state index in [4.69, 9.17) is 9.47 Å². The molecule has 0 radical (unpaired) electrons. The lowest BCUT2D eigenvalue weighted by atomic mass is 10.2. The van der Waals surface area contributed by atoms with Crippen molar-refractivity contribution in [2.75, 3.05) is 17.3 Å². The summed E-state index contributed by atoms with van der Waals surface area (Å²) in [6.45, 7) is 4.73. The molecule has 0 aromatic heterocycles. The summed E-state index contributed by atoms with van der Waals surface area (Å²) in [5, 5.41) is 6.71. The van der Waals surface area contributed by atoms with E-state index < -0.39 is 0 Å². The first kappa shape index (κ1) is 20.4. The fourth-order valence-electron chi connectivity index (χ4n) is 3.01. The highest BCUT2D eigenvalue weighted by Crippen LogP contribution is 2.24. The van der Waals surface area contributed by atoms with E-state index in [1.165, 1.54) is 11.1 Å². The number of hydrogen-bond acceptors (Lipinski definition) is 4. The molecule has 4 rings (SSSR count). The van der Waals surface area contributed by atoms with Gasteiger partial charge in [-0.25, -0.2) is 0 Å². The monoisotopic (exact) mass is 410 g/mol. The number of hydrogen-bond donors (Lipinski definition) is 2. The summed E-state index contributed by atoms with van der Waals surface area (Å²) in [7, 11) is 0. The molecule has 0 amide bonds. The smallest absolute Gasteiger partial charge is 0.127 e. The molecule has 0 bridgehead atoms. The Balaban J connectivity index is 1.24. The molecular weight excluding hydrogens is 384 g/mol. The molecule has 4 aromatic rings. The van der Waals surface area contributed by atoms with Crippen molar-refractivity contribution >= 4 is 11.4 Å². The van der Waals surface area contributed by atoms with E-state index in [9.17, 15) is 0 Å². The molecule has 4 heteroatoms. The SMILES string of the molecule is Cc1ccc(Oc2ccc(NCNc3ccc(Oc4ccc(C)cc4)cc3)cc2)cc1. The topological polar surface area (TPSA) is 42.5 Å². The molecule has 0 heterocycles. The Morgan fingerprint density at radius 2 is 0.742 bits per heavy atom. The highest BCUT2D eigenvalue weighted by atomic mass is 16.5. The molecule has 2 N–H and O–H groups in total. The van der Waals surface area contributed by atoms with Crippen LogP contribution in [-0.4, -0.2) is 6.67 Å². The van der Waals surface area contributed by atoms with Crippen molar-refractivity contribution in [1.82, 2.24) is 0 Å². The van der Waals surface area contributed by atoms with Crippen LogP contribution in [0.4, 0.5) is 11.4 Å². The van der Waals surface area contributed by atoms with Crippen LogP contribution in [0.5, 0.6) is 23.0 Å². The van der Waals surface area contributed by atoms with Gasteiger partial charge in [0.2, 0.25) is 0 Å². The van der Waals surface area contributed by atoms with Gasteiger partial charge in [-0.05, 0) is 86.6 Å². The molecule has 156 valence electrons. The van der Waals surface area contributed by atoms with Crippen molar-refractivity contribution in [3.63, 3.8) is 0 Å². The van der Waals surface area contributed by atoms with E-state index in [0.29, 0.717) is 6.67 Å². The van der Waals surface area contributed by atoms with Crippen LogP contribution in [0.15, 0.2) is 97.1 Å². The summed E-state index contributed by atoms with van der Waals surface area (Å²) in [6.07, 6.45) is 0. The van der Waals surface area contributed by atoms with E-state index in [2.05, 4.69) is 24.5 Å². The fraction of sp³-hybridized carbons (Fsp3) is 0.111. The third kappa shape index (κ3) is 6.03. The minimum Gasteiger partial charge on any atom is -0.457 e. The quantitative estimate of drug-likeness (QED) is 0.298. The molecule has 0 unspecified atom stereocenters. The molecule has 4 nitrogen and oxygen atoms in total. The molecule has 0 aliphatic rings. The molecule has 31 heavy (non-hydrogen) atoms. The van der Waals surface area contributed by atoms with Crippen molar-refractivity contribution in [2.45, 2.75) is 13.8 Å². The lowest BCUT2D eigenvalue weighted by Crippen LogP contribution is -2.11. The Morgan fingerprint density at radius 1 is 0.452 bits per heavy atom. The first-order chi connectivity index (χ1) is 15.1. The summed E-state index contributed by atoms with van der Waals surface area (Å²) >= 11 is 0. The Morgan fingerprint density at radius 3 is 1.06 bits per heavy atom. The maximum atomic E-state index is 5.87. The second-order valence-electron chi connectivity index (χ2n) is 7.41. The van der Waals surface area contributed by atoms with Crippen molar-refractivity contribution in [3.05, 3.63) is 108 Å². The molecule has 0 aliphatic carbocycles. The summed E-state index contributed by atoms with van der Waals surface area (Å²) in [6, 6.07) is 31.9. The second kappa shape index (κ2) is 9.72. The van der Waals surface area contributed by atoms with E-state index in [1.54, 1.807) is 0 Å². The largest absolute Gasteiger partial charge is 0.457 e. The standard InChI is InChI=1S/C27H26N2O2/c1-20-3-11-24(12-4-20)30-26-15-7-22(8-16-26)28-19-29-23-9-17-27(18-10-23)31-25-13-5-21(2)6-14-25/h3-18,28-29H,19H2,1-2H3. The predicted octanol–water partition coefficient (Wildman–Crippen LogP) is 7.37. The van der Waals surface area contributed by atoms with E-state index in [0.717, 1.165) is 34.4 Å². The van der Waals surface area contributed by atoms with Gasteiger partial charge in [0.15, 0.2) is 0 Å². The van der Waals surface area contributed by atoms with Gasteiger partial charge in [-0.2, -0.15) is 0 Å². The number of benzene rings is 4. The number of anilines is 2. The minimum atomic E-state index is 0.607. The zero-order valence-electron chi connectivity index (χ0n) is 17.8. The summed E-state index contributed by atoms with van der Waals surface area (Å²) in [5.74, 6) is 3.30. The minimum absolute atomic E-state index is 0.607. The van der Waals surface area contributed by atoms with Crippen LogP contribution >= 0.6 is 0 Å². The van der Waals surface area contributed by atoms with Crippen LogP contribution in [0.25, 0.3) is 0 Å². The number of ether oxygens (including phenoxy) is 2. The average molecular weight is 411 g/mol. The number of aryl methyl sites for hydroxylation is 2. The summed E-state index contributed by atoms with van der Waals surface area (Å²) in [4.78, 5) is 0. The van der Waals surface area contributed by atoms with Gasteiger partial charge in [-0.3, -0.25) is 0 Å². The number of nitrogens with one attached hydrogen (secondary N) is 2. The van der Waals surface area contributed by atoms with Crippen LogP contribution in [-0.2, 0) is 0 Å². The van der Waals surface area contributed by atoms with Crippen molar-refractivity contribution in [3.8, 4) is 23.0 Å². The van der Waals surface area contributed by atoms with Gasteiger partial charge in [-0.1, -0.05) is 35.4 Å². The Hall–Kier alpha value is -3.92. The first-order valence-corrected chi connectivity index (χ1v) is 10.3. The lowest BCUT2D eigenvalue weighted by Gasteiger charge is -2.11. The molecule has 0 fully saturated rings. The van der Waals surface area contributed by atoms with Crippen molar-refractivity contribution in [2.24, 2.45) is 0 Å². The average Bonchev–Trinajstić information content (AvgIpc) is 2.79. The van der Waals surface area contributed by atoms with Crippen LogP contribution in [0, 0.1) is 13.8 Å². The van der Waals surface area contributed by atoms with Gasteiger partial charge in [0.05, 0.1) is 6.67 Å². The normalized spacial score (nSPS) is 10.4. The zero-order valence-corrected chi connectivity index (χ0v) is 17.8. The maximum Gasteiger partial charge on any atom is 0.127 e.